The molecule has 3 heteroatoms. The predicted molar refractivity (Wildman–Crippen MR) is 66.7 cm³/mol. The molecule has 1 N–H and O–H groups in total. The first-order chi connectivity index (χ1) is 7.74. The third kappa shape index (κ3) is 5.28. The van der Waals surface area contributed by atoms with E-state index in [-0.39, 0.29) is 0 Å². The van der Waals surface area contributed by atoms with Gasteiger partial charge in [-0.2, -0.15) is 0 Å². The summed E-state index contributed by atoms with van der Waals surface area (Å²) in [5.74, 6) is 1.61. The third-order valence-electron chi connectivity index (χ3n) is 3.67. The van der Waals surface area contributed by atoms with Gasteiger partial charge in [0, 0.05) is 32.9 Å². The molecule has 2 atom stereocenters. The predicted octanol–water partition coefficient (Wildman–Crippen LogP) is 2.06. The Bertz CT molecular complexity index is 169. The molecule has 96 valence electrons. The van der Waals surface area contributed by atoms with Crippen LogP contribution in [0, 0.1) is 11.8 Å². The van der Waals surface area contributed by atoms with Gasteiger partial charge in [0.1, 0.15) is 0 Å². The van der Waals surface area contributed by atoms with Crippen LogP contribution in [0.25, 0.3) is 0 Å². The van der Waals surface area contributed by atoms with E-state index in [1.54, 1.807) is 7.11 Å². The minimum absolute atomic E-state index is 0.581. The van der Waals surface area contributed by atoms with Gasteiger partial charge in [-0.25, -0.2) is 0 Å². The standard InChI is InChI=1S/C13H27NO2/c1-11(12(2)14-6-9-15-3)10-13-4-7-16-8-5-13/h11-14H,4-10H2,1-3H3. The molecule has 0 aromatic carbocycles. The maximum Gasteiger partial charge on any atom is 0.0587 e. The Morgan fingerprint density at radius 3 is 2.62 bits per heavy atom. The van der Waals surface area contributed by atoms with Gasteiger partial charge in [-0.3, -0.25) is 0 Å². The van der Waals surface area contributed by atoms with Crippen molar-refractivity contribution in [3.05, 3.63) is 0 Å². The summed E-state index contributed by atoms with van der Waals surface area (Å²) in [5, 5.41) is 3.52. The number of methoxy groups -OCH3 is 1. The highest BCUT2D eigenvalue weighted by molar-refractivity contribution is 4.73. The lowest BCUT2D eigenvalue weighted by Crippen LogP contribution is -2.35. The summed E-state index contributed by atoms with van der Waals surface area (Å²) in [7, 11) is 1.75. The van der Waals surface area contributed by atoms with Gasteiger partial charge in [0.05, 0.1) is 6.61 Å². The number of ether oxygens (including phenoxy) is 2. The van der Waals surface area contributed by atoms with Gasteiger partial charge in [-0.15, -0.1) is 0 Å². The quantitative estimate of drug-likeness (QED) is 0.678. The van der Waals surface area contributed by atoms with Crippen LogP contribution in [0.3, 0.4) is 0 Å². The molecule has 1 aliphatic heterocycles. The molecular formula is C13H27NO2. The van der Waals surface area contributed by atoms with Crippen LogP contribution in [0.5, 0.6) is 0 Å². The first-order valence-corrected chi connectivity index (χ1v) is 6.54. The Morgan fingerprint density at radius 2 is 2.00 bits per heavy atom. The second-order valence-corrected chi connectivity index (χ2v) is 5.00. The molecule has 0 bridgehead atoms. The van der Waals surface area contributed by atoms with E-state index in [1.807, 2.05) is 0 Å². The molecule has 1 fully saturated rings. The Labute approximate surface area is 99.9 Å². The van der Waals surface area contributed by atoms with E-state index in [4.69, 9.17) is 9.47 Å². The van der Waals surface area contributed by atoms with Crippen LogP contribution in [0.4, 0.5) is 0 Å². The average molecular weight is 229 g/mol. The molecule has 2 unspecified atom stereocenters. The van der Waals surface area contributed by atoms with Crippen LogP contribution in [0.15, 0.2) is 0 Å². The molecule has 16 heavy (non-hydrogen) atoms. The van der Waals surface area contributed by atoms with Crippen molar-refractivity contribution >= 4 is 0 Å². The largest absolute Gasteiger partial charge is 0.383 e. The number of hydrogen-bond donors (Lipinski definition) is 1. The maximum atomic E-state index is 5.39. The molecule has 1 aliphatic rings. The molecule has 1 saturated heterocycles. The fourth-order valence-corrected chi connectivity index (χ4v) is 2.30. The Morgan fingerprint density at radius 1 is 1.31 bits per heavy atom. The van der Waals surface area contributed by atoms with Gasteiger partial charge < -0.3 is 14.8 Å². The lowest BCUT2D eigenvalue weighted by Gasteiger charge is -2.28. The Balaban J connectivity index is 2.14. The molecule has 0 aromatic rings. The molecular weight excluding hydrogens is 202 g/mol. The van der Waals surface area contributed by atoms with Gasteiger partial charge in [0.25, 0.3) is 0 Å². The fraction of sp³-hybridized carbons (Fsp3) is 1.00. The van der Waals surface area contributed by atoms with Gasteiger partial charge in [0.15, 0.2) is 0 Å². The van der Waals surface area contributed by atoms with E-state index in [0.29, 0.717) is 6.04 Å². The second-order valence-electron chi connectivity index (χ2n) is 5.00. The lowest BCUT2D eigenvalue weighted by atomic mass is 9.86. The van der Waals surface area contributed by atoms with Crippen LogP contribution < -0.4 is 5.32 Å². The molecule has 0 amide bonds. The highest BCUT2D eigenvalue weighted by Gasteiger charge is 2.19. The normalized spacial score (nSPS) is 21.9. The van der Waals surface area contributed by atoms with Crippen molar-refractivity contribution in [3.8, 4) is 0 Å². The molecule has 3 nitrogen and oxygen atoms in total. The first kappa shape index (κ1) is 13.9. The molecule has 0 aromatic heterocycles. The lowest BCUT2D eigenvalue weighted by molar-refractivity contribution is 0.0574. The van der Waals surface area contributed by atoms with Gasteiger partial charge >= 0.3 is 0 Å². The monoisotopic (exact) mass is 229 g/mol. The zero-order valence-corrected chi connectivity index (χ0v) is 11.0. The fourth-order valence-electron chi connectivity index (χ4n) is 2.30. The van der Waals surface area contributed by atoms with E-state index in [9.17, 15) is 0 Å². The van der Waals surface area contributed by atoms with Gasteiger partial charge in [-0.1, -0.05) is 6.92 Å². The zero-order valence-electron chi connectivity index (χ0n) is 11.0. The number of nitrogens with one attached hydrogen (secondary N) is 1. The second kappa shape index (κ2) is 8.04. The summed E-state index contributed by atoms with van der Waals surface area (Å²) in [6, 6.07) is 0.581. The van der Waals surface area contributed by atoms with E-state index < -0.39 is 0 Å². The van der Waals surface area contributed by atoms with Crippen molar-refractivity contribution in [2.75, 3.05) is 33.5 Å². The van der Waals surface area contributed by atoms with Gasteiger partial charge in [-0.05, 0) is 38.0 Å². The van der Waals surface area contributed by atoms with E-state index >= 15 is 0 Å². The highest BCUT2D eigenvalue weighted by Crippen LogP contribution is 2.24. The van der Waals surface area contributed by atoms with Crippen LogP contribution >= 0.6 is 0 Å². The Hall–Kier alpha value is -0.120. The first-order valence-electron chi connectivity index (χ1n) is 6.54. The van der Waals surface area contributed by atoms with Gasteiger partial charge in [0.2, 0.25) is 0 Å². The molecule has 1 rings (SSSR count). The van der Waals surface area contributed by atoms with Crippen molar-refractivity contribution in [1.82, 2.24) is 5.32 Å². The summed E-state index contributed by atoms with van der Waals surface area (Å²) >= 11 is 0. The highest BCUT2D eigenvalue weighted by atomic mass is 16.5. The van der Waals surface area contributed by atoms with Crippen LogP contribution in [-0.2, 0) is 9.47 Å². The van der Waals surface area contributed by atoms with Crippen molar-refractivity contribution in [3.63, 3.8) is 0 Å². The summed E-state index contributed by atoms with van der Waals surface area (Å²) in [6.07, 6.45) is 3.81. The Kier molecular flexibility index (Phi) is 7.01. The molecule has 1 heterocycles. The summed E-state index contributed by atoms with van der Waals surface area (Å²) < 4.78 is 10.4. The van der Waals surface area contributed by atoms with Crippen molar-refractivity contribution in [2.24, 2.45) is 11.8 Å². The number of rotatable bonds is 7. The maximum absolute atomic E-state index is 5.39. The summed E-state index contributed by atoms with van der Waals surface area (Å²) in [6.45, 7) is 8.30. The van der Waals surface area contributed by atoms with Crippen LogP contribution in [0.2, 0.25) is 0 Å². The minimum Gasteiger partial charge on any atom is -0.383 e. The molecule has 0 radical (unpaired) electrons. The van der Waals surface area contributed by atoms with Crippen molar-refractivity contribution < 1.29 is 9.47 Å². The van der Waals surface area contributed by atoms with Crippen LogP contribution in [0.1, 0.15) is 33.1 Å². The third-order valence-corrected chi connectivity index (χ3v) is 3.67. The van der Waals surface area contributed by atoms with E-state index in [1.165, 1.54) is 19.3 Å². The molecule has 0 aliphatic carbocycles. The molecule has 0 saturated carbocycles. The van der Waals surface area contributed by atoms with Crippen molar-refractivity contribution in [2.45, 2.75) is 39.2 Å². The van der Waals surface area contributed by atoms with Crippen LogP contribution in [-0.4, -0.2) is 39.5 Å². The average Bonchev–Trinajstić information content (AvgIpc) is 2.30. The SMILES string of the molecule is COCCNC(C)C(C)CC1CCOCC1. The smallest absolute Gasteiger partial charge is 0.0587 e. The van der Waals surface area contributed by atoms with E-state index in [0.717, 1.165) is 38.2 Å². The zero-order chi connectivity index (χ0) is 11.8. The number of hydrogen-bond acceptors (Lipinski definition) is 3. The minimum atomic E-state index is 0.581. The summed E-state index contributed by atoms with van der Waals surface area (Å²) in [5.41, 5.74) is 0. The molecule has 0 spiro atoms. The van der Waals surface area contributed by atoms with E-state index in [2.05, 4.69) is 19.2 Å². The van der Waals surface area contributed by atoms with Crippen molar-refractivity contribution in [1.29, 1.82) is 0 Å². The summed E-state index contributed by atoms with van der Waals surface area (Å²) in [4.78, 5) is 0. The topological polar surface area (TPSA) is 30.5 Å².